The van der Waals surface area contributed by atoms with E-state index in [1.807, 2.05) is 62.4 Å². The largest absolute Gasteiger partial charge is 0.449 e. The molecule has 2 rings (SSSR count). The van der Waals surface area contributed by atoms with Gasteiger partial charge in [0.2, 0.25) is 5.91 Å². The van der Waals surface area contributed by atoms with Crippen LogP contribution in [-0.2, 0) is 19.1 Å². The first kappa shape index (κ1) is 20.9. The van der Waals surface area contributed by atoms with Crippen LogP contribution in [0.4, 0.5) is 5.69 Å². The van der Waals surface area contributed by atoms with E-state index < -0.39 is 18.0 Å². The summed E-state index contributed by atoms with van der Waals surface area (Å²) in [4.78, 5) is 35.9. The lowest BCUT2D eigenvalue weighted by Gasteiger charge is -2.14. The molecule has 0 aliphatic carbocycles. The molecule has 0 radical (unpaired) electrons. The molecule has 2 aromatic carbocycles. The highest BCUT2D eigenvalue weighted by atomic mass is 16.5. The maximum atomic E-state index is 12.1. The van der Waals surface area contributed by atoms with E-state index in [9.17, 15) is 14.4 Å². The highest BCUT2D eigenvalue weighted by Crippen LogP contribution is 2.18. The second-order valence-electron chi connectivity index (χ2n) is 6.36. The summed E-state index contributed by atoms with van der Waals surface area (Å²) >= 11 is 0. The molecule has 1 atom stereocenters. The van der Waals surface area contributed by atoms with E-state index in [2.05, 4.69) is 10.6 Å². The zero-order valence-corrected chi connectivity index (χ0v) is 16.2. The lowest BCUT2D eigenvalue weighted by molar-refractivity contribution is -0.150. The Morgan fingerprint density at radius 2 is 1.64 bits per heavy atom. The lowest BCUT2D eigenvalue weighted by atomic mass is 10.1. The second kappa shape index (κ2) is 10.1. The fourth-order valence-electron chi connectivity index (χ4n) is 2.50. The summed E-state index contributed by atoms with van der Waals surface area (Å²) in [5.41, 5.74) is 3.45. The number of aryl methyl sites for hydroxylation is 2. The summed E-state index contributed by atoms with van der Waals surface area (Å²) in [6.45, 7) is 5.03. The molecule has 0 aliphatic heterocycles. The SMILES string of the molecule is Cc1cccc(C)c1NC(=O)CNC(=O)C(C)OC(=O)/C=C/c1ccccc1. The van der Waals surface area contributed by atoms with Gasteiger partial charge < -0.3 is 15.4 Å². The van der Waals surface area contributed by atoms with Gasteiger partial charge in [0.1, 0.15) is 0 Å². The normalized spacial score (nSPS) is 11.7. The number of hydrogen-bond acceptors (Lipinski definition) is 4. The number of para-hydroxylation sites is 1. The maximum absolute atomic E-state index is 12.1. The van der Waals surface area contributed by atoms with E-state index in [1.165, 1.54) is 13.0 Å². The predicted octanol–water partition coefficient (Wildman–Crippen LogP) is 3.00. The van der Waals surface area contributed by atoms with E-state index in [4.69, 9.17) is 4.74 Å². The van der Waals surface area contributed by atoms with Crippen LogP contribution in [0.15, 0.2) is 54.6 Å². The molecule has 0 saturated heterocycles. The third kappa shape index (κ3) is 6.39. The Morgan fingerprint density at radius 3 is 2.29 bits per heavy atom. The quantitative estimate of drug-likeness (QED) is 0.571. The number of nitrogens with one attached hydrogen (secondary N) is 2. The van der Waals surface area contributed by atoms with Crippen LogP contribution < -0.4 is 10.6 Å². The molecule has 0 bridgehead atoms. The molecule has 0 aliphatic rings. The van der Waals surface area contributed by atoms with Crippen LogP contribution in [0.1, 0.15) is 23.6 Å². The summed E-state index contributed by atoms with van der Waals surface area (Å²) in [6.07, 6.45) is 1.85. The van der Waals surface area contributed by atoms with Crippen molar-refractivity contribution in [1.29, 1.82) is 0 Å². The van der Waals surface area contributed by atoms with Gasteiger partial charge in [0.05, 0.1) is 6.54 Å². The maximum Gasteiger partial charge on any atom is 0.331 e. The third-order valence-electron chi connectivity index (χ3n) is 4.04. The van der Waals surface area contributed by atoms with Crippen LogP contribution in [0, 0.1) is 13.8 Å². The first-order valence-electron chi connectivity index (χ1n) is 8.94. The number of esters is 1. The molecule has 0 aromatic heterocycles. The number of carbonyl (C=O) groups excluding carboxylic acids is 3. The first-order chi connectivity index (χ1) is 13.4. The lowest BCUT2D eigenvalue weighted by Crippen LogP contribution is -2.40. The van der Waals surface area contributed by atoms with Crippen molar-refractivity contribution in [3.63, 3.8) is 0 Å². The van der Waals surface area contributed by atoms with Crippen LogP contribution in [0.5, 0.6) is 0 Å². The number of carbonyl (C=O) groups is 3. The summed E-state index contributed by atoms with van der Waals surface area (Å²) in [6, 6.07) is 15.0. The van der Waals surface area contributed by atoms with E-state index in [-0.39, 0.29) is 12.5 Å². The Kier molecular flexibility index (Phi) is 7.51. The van der Waals surface area contributed by atoms with Gasteiger partial charge in [-0.05, 0) is 43.5 Å². The van der Waals surface area contributed by atoms with Gasteiger partial charge in [-0.1, -0.05) is 48.5 Å². The minimum absolute atomic E-state index is 0.214. The van der Waals surface area contributed by atoms with E-state index in [0.717, 1.165) is 22.4 Å². The zero-order chi connectivity index (χ0) is 20.5. The Hall–Kier alpha value is -3.41. The van der Waals surface area contributed by atoms with Gasteiger partial charge in [-0.2, -0.15) is 0 Å². The van der Waals surface area contributed by atoms with Gasteiger partial charge in [0, 0.05) is 11.8 Å². The number of hydrogen-bond donors (Lipinski definition) is 2. The van der Waals surface area contributed by atoms with E-state index in [0.29, 0.717) is 0 Å². The summed E-state index contributed by atoms with van der Waals surface area (Å²) in [5.74, 6) is -1.53. The molecular formula is C22H24N2O4. The third-order valence-corrected chi connectivity index (χ3v) is 4.04. The van der Waals surface area contributed by atoms with E-state index in [1.54, 1.807) is 6.08 Å². The number of benzene rings is 2. The monoisotopic (exact) mass is 380 g/mol. The standard InChI is InChI=1S/C22H24N2O4/c1-15-8-7-9-16(2)21(15)24-19(25)14-23-22(27)17(3)28-20(26)13-12-18-10-5-4-6-11-18/h4-13,17H,14H2,1-3H3,(H,23,27)(H,24,25)/b13-12+. The molecule has 28 heavy (non-hydrogen) atoms. The fourth-order valence-corrected chi connectivity index (χ4v) is 2.50. The Bertz CT molecular complexity index is 855. The molecular weight excluding hydrogens is 356 g/mol. The van der Waals surface area contributed by atoms with Crippen LogP contribution in [0.25, 0.3) is 6.08 Å². The molecule has 2 amide bonds. The Morgan fingerprint density at radius 1 is 1.00 bits per heavy atom. The van der Waals surface area contributed by atoms with Crippen molar-refractivity contribution in [3.8, 4) is 0 Å². The average Bonchev–Trinajstić information content (AvgIpc) is 2.68. The Balaban J connectivity index is 1.79. The van der Waals surface area contributed by atoms with Gasteiger partial charge in [-0.25, -0.2) is 4.79 Å². The summed E-state index contributed by atoms with van der Waals surface area (Å²) in [5, 5.41) is 5.25. The molecule has 6 heteroatoms. The second-order valence-corrected chi connectivity index (χ2v) is 6.36. The van der Waals surface area contributed by atoms with Crippen LogP contribution >= 0.6 is 0 Å². The molecule has 6 nitrogen and oxygen atoms in total. The van der Waals surface area contributed by atoms with Gasteiger partial charge in [0.25, 0.3) is 5.91 Å². The van der Waals surface area contributed by atoms with Gasteiger partial charge in [-0.3, -0.25) is 9.59 Å². The molecule has 0 heterocycles. The van der Waals surface area contributed by atoms with Crippen molar-refractivity contribution >= 4 is 29.5 Å². The topological polar surface area (TPSA) is 84.5 Å². The van der Waals surface area contributed by atoms with Crippen LogP contribution in [0.3, 0.4) is 0 Å². The van der Waals surface area contributed by atoms with Crippen LogP contribution in [-0.4, -0.2) is 30.4 Å². The predicted molar refractivity (Wildman–Crippen MR) is 109 cm³/mol. The van der Waals surface area contributed by atoms with Crippen molar-refractivity contribution < 1.29 is 19.1 Å². The minimum Gasteiger partial charge on any atom is -0.449 e. The van der Waals surface area contributed by atoms with Gasteiger partial charge >= 0.3 is 5.97 Å². The smallest absolute Gasteiger partial charge is 0.331 e. The van der Waals surface area contributed by atoms with Crippen molar-refractivity contribution in [3.05, 3.63) is 71.3 Å². The summed E-state index contributed by atoms with van der Waals surface area (Å²) < 4.78 is 5.05. The van der Waals surface area contributed by atoms with Gasteiger partial charge in [-0.15, -0.1) is 0 Å². The summed E-state index contributed by atoms with van der Waals surface area (Å²) in [7, 11) is 0. The molecule has 1 unspecified atom stereocenters. The van der Waals surface area contributed by atoms with Crippen molar-refractivity contribution in [2.75, 3.05) is 11.9 Å². The highest BCUT2D eigenvalue weighted by molar-refractivity contribution is 5.96. The molecule has 2 N–H and O–H groups in total. The first-order valence-corrected chi connectivity index (χ1v) is 8.94. The minimum atomic E-state index is -1.01. The molecule has 2 aromatic rings. The van der Waals surface area contributed by atoms with Crippen molar-refractivity contribution in [2.45, 2.75) is 26.9 Å². The highest BCUT2D eigenvalue weighted by Gasteiger charge is 2.17. The van der Waals surface area contributed by atoms with E-state index >= 15 is 0 Å². The zero-order valence-electron chi connectivity index (χ0n) is 16.2. The van der Waals surface area contributed by atoms with Gasteiger partial charge in [0.15, 0.2) is 6.10 Å². The van der Waals surface area contributed by atoms with Crippen molar-refractivity contribution in [2.24, 2.45) is 0 Å². The number of anilines is 1. The molecule has 146 valence electrons. The molecule has 0 fully saturated rings. The average molecular weight is 380 g/mol. The Labute approximate surface area is 164 Å². The number of amides is 2. The van der Waals surface area contributed by atoms with Crippen molar-refractivity contribution in [1.82, 2.24) is 5.32 Å². The molecule has 0 saturated carbocycles. The number of rotatable bonds is 7. The van der Waals surface area contributed by atoms with Crippen LogP contribution in [0.2, 0.25) is 0 Å². The fraction of sp³-hybridized carbons (Fsp3) is 0.227. The number of ether oxygens (including phenoxy) is 1. The molecule has 0 spiro atoms.